The third kappa shape index (κ3) is 3.41. The van der Waals surface area contributed by atoms with Crippen molar-refractivity contribution in [2.75, 3.05) is 7.11 Å². The molecule has 4 rings (SSSR count). The Morgan fingerprint density at radius 2 is 1.77 bits per heavy atom. The topological polar surface area (TPSA) is 92.6 Å². The van der Waals surface area contributed by atoms with E-state index >= 15 is 0 Å². The third-order valence-electron chi connectivity index (χ3n) is 4.98. The fourth-order valence-electron chi connectivity index (χ4n) is 3.59. The van der Waals surface area contributed by atoms with Crippen molar-refractivity contribution in [3.05, 3.63) is 95.6 Å². The van der Waals surface area contributed by atoms with Crippen LogP contribution < -0.4 is 4.74 Å². The summed E-state index contributed by atoms with van der Waals surface area (Å²) in [4.78, 5) is 35.7. The zero-order valence-electron chi connectivity index (χ0n) is 16.2. The minimum atomic E-state index is -0.778. The first-order valence-electron chi connectivity index (χ1n) is 9.33. The smallest absolute Gasteiger partial charge is 0.296 e. The van der Waals surface area contributed by atoms with Crippen LogP contribution in [0, 0.1) is 0 Å². The molecule has 1 aliphatic rings. The molecule has 1 saturated heterocycles. The number of pyridine rings is 2. The molecule has 1 aromatic carbocycles. The van der Waals surface area contributed by atoms with Gasteiger partial charge in [-0.2, -0.15) is 0 Å². The number of aromatic nitrogens is 2. The number of aliphatic hydroxyl groups excluding tert-OH is 1. The Balaban J connectivity index is 1.88. The van der Waals surface area contributed by atoms with E-state index in [1.54, 1.807) is 67.1 Å². The highest BCUT2D eigenvalue weighted by molar-refractivity contribution is 6.46. The van der Waals surface area contributed by atoms with Gasteiger partial charge in [0.2, 0.25) is 0 Å². The predicted octanol–water partition coefficient (Wildman–Crippen LogP) is 3.11. The summed E-state index contributed by atoms with van der Waals surface area (Å²) in [5.74, 6) is -1.33. The quantitative estimate of drug-likeness (QED) is 0.401. The van der Waals surface area contributed by atoms with Gasteiger partial charge in [0.1, 0.15) is 11.5 Å². The Hall–Kier alpha value is -4.00. The van der Waals surface area contributed by atoms with Crippen LogP contribution in [0.4, 0.5) is 0 Å². The molecular formula is C23H19N3O4. The number of ketones is 1. The van der Waals surface area contributed by atoms with Gasteiger partial charge in [0, 0.05) is 18.6 Å². The van der Waals surface area contributed by atoms with Crippen molar-refractivity contribution in [2.24, 2.45) is 0 Å². The van der Waals surface area contributed by atoms with Crippen LogP contribution >= 0.6 is 0 Å². The molecule has 1 amide bonds. The maximum absolute atomic E-state index is 13.0. The number of hydrogen-bond donors (Lipinski definition) is 1. The standard InChI is InChI=1S/C23H19N3O4/c1-30-18-8-3-2-7-17(18)21(27)19-20(15-9-12-24-13-10-15)26(23(29)22(19)28)14-16-6-4-5-11-25-16/h2-13,20,27H,14H2,1H3/b21-19-. The molecule has 0 aliphatic carbocycles. The van der Waals surface area contributed by atoms with E-state index in [-0.39, 0.29) is 17.9 Å². The number of amides is 1. The van der Waals surface area contributed by atoms with Crippen molar-refractivity contribution in [1.82, 2.24) is 14.9 Å². The SMILES string of the molecule is COc1ccccc1/C(O)=C1/C(=O)C(=O)N(Cc2ccccn2)C1c1ccncc1. The first-order chi connectivity index (χ1) is 14.6. The van der Waals surface area contributed by atoms with Gasteiger partial charge in [0.05, 0.1) is 36.5 Å². The Bertz CT molecular complexity index is 1110. The Labute approximate surface area is 173 Å². The van der Waals surface area contributed by atoms with E-state index in [1.807, 2.05) is 6.07 Å². The van der Waals surface area contributed by atoms with Crippen LogP contribution in [0.5, 0.6) is 5.75 Å². The summed E-state index contributed by atoms with van der Waals surface area (Å²) in [7, 11) is 1.48. The number of nitrogens with zero attached hydrogens (tertiary/aromatic N) is 3. The van der Waals surface area contributed by atoms with E-state index in [2.05, 4.69) is 9.97 Å². The number of hydrogen-bond acceptors (Lipinski definition) is 6. The lowest BCUT2D eigenvalue weighted by molar-refractivity contribution is -0.140. The summed E-state index contributed by atoms with van der Waals surface area (Å²) in [5, 5.41) is 11.1. The average molecular weight is 401 g/mol. The second kappa shape index (κ2) is 8.16. The number of likely N-dealkylation sites (tertiary alicyclic amines) is 1. The molecule has 1 N–H and O–H groups in total. The van der Waals surface area contributed by atoms with E-state index in [9.17, 15) is 14.7 Å². The molecule has 3 aromatic rings. The monoisotopic (exact) mass is 401 g/mol. The maximum atomic E-state index is 13.0. The number of carbonyl (C=O) groups excluding carboxylic acids is 2. The number of aliphatic hydroxyl groups is 1. The molecule has 1 fully saturated rings. The molecule has 1 unspecified atom stereocenters. The first kappa shape index (κ1) is 19.3. The van der Waals surface area contributed by atoms with Gasteiger partial charge in [-0.3, -0.25) is 19.6 Å². The Morgan fingerprint density at radius 1 is 1.03 bits per heavy atom. The normalized spacial score (nSPS) is 17.9. The van der Waals surface area contributed by atoms with Crippen molar-refractivity contribution in [1.29, 1.82) is 0 Å². The van der Waals surface area contributed by atoms with E-state index in [0.29, 0.717) is 22.6 Å². The van der Waals surface area contributed by atoms with Crippen molar-refractivity contribution in [2.45, 2.75) is 12.6 Å². The Morgan fingerprint density at radius 3 is 2.47 bits per heavy atom. The number of rotatable bonds is 5. The minimum Gasteiger partial charge on any atom is -0.507 e. The zero-order valence-corrected chi connectivity index (χ0v) is 16.2. The highest BCUT2D eigenvalue weighted by atomic mass is 16.5. The Kier molecular flexibility index (Phi) is 5.26. The molecule has 150 valence electrons. The lowest BCUT2D eigenvalue weighted by atomic mass is 9.95. The van der Waals surface area contributed by atoms with Gasteiger partial charge >= 0.3 is 0 Å². The minimum absolute atomic E-state index is 0.00614. The lowest BCUT2D eigenvalue weighted by Crippen LogP contribution is -2.29. The van der Waals surface area contributed by atoms with Crippen molar-refractivity contribution >= 4 is 17.4 Å². The van der Waals surface area contributed by atoms with Crippen LogP contribution in [0.15, 0.2) is 78.8 Å². The van der Waals surface area contributed by atoms with Gasteiger partial charge in [0.15, 0.2) is 0 Å². The van der Waals surface area contributed by atoms with Gasteiger partial charge in [-0.05, 0) is 42.0 Å². The second-order valence-electron chi connectivity index (χ2n) is 6.73. The van der Waals surface area contributed by atoms with E-state index in [4.69, 9.17) is 4.74 Å². The molecule has 1 atom stereocenters. The van der Waals surface area contributed by atoms with Crippen molar-refractivity contribution in [3.8, 4) is 5.75 Å². The molecule has 30 heavy (non-hydrogen) atoms. The second-order valence-corrected chi connectivity index (χ2v) is 6.73. The molecular weight excluding hydrogens is 382 g/mol. The van der Waals surface area contributed by atoms with Crippen molar-refractivity contribution < 1.29 is 19.4 Å². The number of benzene rings is 1. The highest BCUT2D eigenvalue weighted by Crippen LogP contribution is 2.41. The number of methoxy groups -OCH3 is 1. The van der Waals surface area contributed by atoms with Crippen LogP contribution in [0.25, 0.3) is 5.76 Å². The van der Waals surface area contributed by atoms with Crippen LogP contribution in [0.2, 0.25) is 0 Å². The molecule has 2 aromatic heterocycles. The van der Waals surface area contributed by atoms with Crippen LogP contribution in [0.3, 0.4) is 0 Å². The number of para-hydroxylation sites is 1. The molecule has 0 radical (unpaired) electrons. The summed E-state index contributed by atoms with van der Waals surface area (Å²) in [6.45, 7) is 0.126. The molecule has 7 nitrogen and oxygen atoms in total. The van der Waals surface area contributed by atoms with Gasteiger partial charge in [0.25, 0.3) is 11.7 Å². The molecule has 7 heteroatoms. The van der Waals surface area contributed by atoms with Gasteiger partial charge in [-0.1, -0.05) is 18.2 Å². The summed E-state index contributed by atoms with van der Waals surface area (Å²) in [5.41, 5.74) is 1.65. The zero-order chi connectivity index (χ0) is 21.1. The summed E-state index contributed by atoms with van der Waals surface area (Å²) in [6.07, 6.45) is 4.79. The lowest BCUT2D eigenvalue weighted by Gasteiger charge is -2.25. The maximum Gasteiger partial charge on any atom is 0.296 e. The average Bonchev–Trinajstić information content (AvgIpc) is 3.04. The van der Waals surface area contributed by atoms with E-state index in [1.165, 1.54) is 12.0 Å². The van der Waals surface area contributed by atoms with Gasteiger partial charge in [-0.15, -0.1) is 0 Å². The third-order valence-corrected chi connectivity index (χ3v) is 4.98. The fourth-order valence-corrected chi connectivity index (χ4v) is 3.59. The molecule has 0 saturated carbocycles. The van der Waals surface area contributed by atoms with Gasteiger partial charge < -0.3 is 14.7 Å². The van der Waals surface area contributed by atoms with Crippen molar-refractivity contribution in [3.63, 3.8) is 0 Å². The molecule has 0 spiro atoms. The molecule has 1 aliphatic heterocycles. The number of ether oxygens (including phenoxy) is 1. The number of Topliss-reactive ketones (excluding diaryl/α,β-unsaturated/α-hetero) is 1. The largest absolute Gasteiger partial charge is 0.507 e. The predicted molar refractivity (Wildman–Crippen MR) is 109 cm³/mol. The highest BCUT2D eigenvalue weighted by Gasteiger charge is 2.46. The summed E-state index contributed by atoms with van der Waals surface area (Å²) in [6, 6.07) is 14.8. The summed E-state index contributed by atoms with van der Waals surface area (Å²) >= 11 is 0. The fraction of sp³-hybridized carbons (Fsp3) is 0.130. The van der Waals surface area contributed by atoms with Crippen LogP contribution in [0.1, 0.15) is 22.9 Å². The van der Waals surface area contributed by atoms with Crippen LogP contribution in [-0.2, 0) is 16.1 Å². The molecule has 0 bridgehead atoms. The van der Waals surface area contributed by atoms with Gasteiger partial charge in [-0.25, -0.2) is 0 Å². The van der Waals surface area contributed by atoms with E-state index < -0.39 is 17.7 Å². The molecule has 3 heterocycles. The van der Waals surface area contributed by atoms with E-state index in [0.717, 1.165) is 0 Å². The number of carbonyl (C=O) groups is 2. The first-order valence-corrected chi connectivity index (χ1v) is 9.33. The summed E-state index contributed by atoms with van der Waals surface area (Å²) < 4.78 is 5.33. The van der Waals surface area contributed by atoms with Crippen LogP contribution in [-0.4, -0.2) is 38.8 Å².